The van der Waals surface area contributed by atoms with E-state index in [1.165, 1.54) is 37.9 Å². The van der Waals surface area contributed by atoms with Gasteiger partial charge in [-0.25, -0.2) is 0 Å². The zero-order valence-corrected chi connectivity index (χ0v) is 15.2. The third-order valence-corrected chi connectivity index (χ3v) is 4.72. The molecule has 1 aliphatic rings. The number of hydrogen-bond acceptors (Lipinski definition) is 3. The van der Waals surface area contributed by atoms with Gasteiger partial charge in [0.05, 0.1) is 5.69 Å². The number of hydrogen-bond donors (Lipinski definition) is 2. The molecule has 3 rings (SSSR count). The highest BCUT2D eigenvalue weighted by Gasteiger charge is 2.13. The summed E-state index contributed by atoms with van der Waals surface area (Å²) in [5, 5.41) is 10.2. The molecule has 0 spiro atoms. The topological polar surface area (TPSA) is 61.0 Å². The normalized spacial score (nSPS) is 16.6. The molecule has 0 radical (unpaired) electrons. The van der Waals surface area contributed by atoms with Crippen LogP contribution in [-0.2, 0) is 13.0 Å². The minimum atomic E-state index is -0.0238. The first-order valence-corrected chi connectivity index (χ1v) is 9.23. The quantitative estimate of drug-likeness (QED) is 0.849. The molecule has 1 amide bonds. The molecule has 5 heteroatoms. The Morgan fingerprint density at radius 3 is 2.60 bits per heavy atom. The smallest absolute Gasteiger partial charge is 0.251 e. The van der Waals surface area contributed by atoms with Crippen molar-refractivity contribution >= 4 is 5.91 Å². The average molecular weight is 340 g/mol. The monoisotopic (exact) mass is 340 g/mol. The first kappa shape index (κ1) is 17.7. The standard InChI is InChI=1S/C20H28N4O/c1-15(12-19-13-16(2)22-23-19)21-20(25)18-8-6-17(7-9-18)14-24-10-4-3-5-11-24/h6-9,13,15H,3-5,10-12,14H2,1-2H3,(H,21,25)(H,22,23). The molecule has 1 aromatic carbocycles. The van der Waals surface area contributed by atoms with Crippen molar-refractivity contribution in [3.05, 3.63) is 52.8 Å². The second-order valence-corrected chi connectivity index (χ2v) is 7.15. The molecule has 1 fully saturated rings. The van der Waals surface area contributed by atoms with Crippen molar-refractivity contribution in [2.75, 3.05) is 13.1 Å². The molecule has 2 N–H and O–H groups in total. The van der Waals surface area contributed by atoms with Crippen LogP contribution in [0.4, 0.5) is 0 Å². The van der Waals surface area contributed by atoms with Gasteiger partial charge in [-0.1, -0.05) is 18.6 Å². The van der Waals surface area contributed by atoms with E-state index in [2.05, 4.69) is 32.5 Å². The molecule has 0 saturated carbocycles. The molecule has 25 heavy (non-hydrogen) atoms. The van der Waals surface area contributed by atoms with Crippen LogP contribution in [0.3, 0.4) is 0 Å². The number of carbonyl (C=O) groups is 1. The highest BCUT2D eigenvalue weighted by Crippen LogP contribution is 2.14. The molecular formula is C20H28N4O. The van der Waals surface area contributed by atoms with E-state index in [1.807, 2.05) is 32.0 Å². The number of nitrogens with zero attached hydrogens (tertiary/aromatic N) is 2. The van der Waals surface area contributed by atoms with E-state index in [9.17, 15) is 4.79 Å². The number of piperidine rings is 1. The highest BCUT2D eigenvalue weighted by molar-refractivity contribution is 5.94. The molecule has 1 unspecified atom stereocenters. The maximum Gasteiger partial charge on any atom is 0.251 e. The largest absolute Gasteiger partial charge is 0.349 e. The van der Waals surface area contributed by atoms with E-state index < -0.39 is 0 Å². The molecule has 1 atom stereocenters. The van der Waals surface area contributed by atoms with Gasteiger partial charge in [-0.3, -0.25) is 14.8 Å². The summed E-state index contributed by atoms with van der Waals surface area (Å²) in [7, 11) is 0. The van der Waals surface area contributed by atoms with Crippen molar-refractivity contribution < 1.29 is 4.79 Å². The van der Waals surface area contributed by atoms with Crippen molar-refractivity contribution in [1.29, 1.82) is 0 Å². The van der Waals surface area contributed by atoms with Crippen LogP contribution in [0.2, 0.25) is 0 Å². The van der Waals surface area contributed by atoms with Crippen molar-refractivity contribution in [2.45, 2.75) is 52.1 Å². The molecule has 5 nitrogen and oxygen atoms in total. The molecule has 2 aromatic rings. The number of likely N-dealkylation sites (tertiary alicyclic amines) is 1. The Hall–Kier alpha value is -2.14. The van der Waals surface area contributed by atoms with Crippen LogP contribution in [0.15, 0.2) is 30.3 Å². The molecule has 0 aliphatic carbocycles. The van der Waals surface area contributed by atoms with Gasteiger partial charge in [0.2, 0.25) is 0 Å². The Balaban J connectivity index is 1.51. The Morgan fingerprint density at radius 2 is 1.96 bits per heavy atom. The summed E-state index contributed by atoms with van der Waals surface area (Å²) in [5.41, 5.74) is 4.01. The molecule has 0 bridgehead atoms. The fourth-order valence-electron chi connectivity index (χ4n) is 3.39. The third kappa shape index (κ3) is 5.16. The maximum atomic E-state index is 12.4. The lowest BCUT2D eigenvalue weighted by molar-refractivity contribution is 0.0940. The Bertz CT molecular complexity index is 686. The van der Waals surface area contributed by atoms with Crippen LogP contribution in [0.25, 0.3) is 0 Å². The predicted molar refractivity (Wildman–Crippen MR) is 99.5 cm³/mol. The van der Waals surface area contributed by atoms with Gasteiger partial charge in [0.25, 0.3) is 5.91 Å². The van der Waals surface area contributed by atoms with Gasteiger partial charge >= 0.3 is 0 Å². The van der Waals surface area contributed by atoms with E-state index in [-0.39, 0.29) is 11.9 Å². The molecule has 1 aromatic heterocycles. The lowest BCUT2D eigenvalue weighted by Gasteiger charge is -2.26. The van der Waals surface area contributed by atoms with Crippen LogP contribution in [-0.4, -0.2) is 40.1 Å². The van der Waals surface area contributed by atoms with Gasteiger partial charge in [-0.15, -0.1) is 0 Å². The predicted octanol–water partition coefficient (Wildman–Crippen LogP) is 3.07. The second-order valence-electron chi connectivity index (χ2n) is 7.15. The molecule has 1 aliphatic heterocycles. The number of aromatic nitrogens is 2. The summed E-state index contributed by atoms with van der Waals surface area (Å²) in [6, 6.07) is 10.1. The second kappa shape index (κ2) is 8.30. The van der Waals surface area contributed by atoms with E-state index in [0.29, 0.717) is 5.56 Å². The number of amides is 1. The summed E-state index contributed by atoms with van der Waals surface area (Å²) in [6.07, 6.45) is 4.68. The maximum absolute atomic E-state index is 12.4. The number of rotatable bonds is 6. The number of H-pyrrole nitrogens is 1. The van der Waals surface area contributed by atoms with Gasteiger partial charge in [0, 0.05) is 30.3 Å². The van der Waals surface area contributed by atoms with Crippen LogP contribution in [0.1, 0.15) is 53.5 Å². The average Bonchev–Trinajstić information content (AvgIpc) is 3.01. The van der Waals surface area contributed by atoms with Crippen molar-refractivity contribution in [3.8, 4) is 0 Å². The van der Waals surface area contributed by atoms with Gasteiger partial charge in [-0.05, 0) is 63.5 Å². The first-order chi connectivity index (χ1) is 12.1. The summed E-state index contributed by atoms with van der Waals surface area (Å²) in [6.45, 7) is 7.34. The highest BCUT2D eigenvalue weighted by atomic mass is 16.1. The number of benzene rings is 1. The molecule has 1 saturated heterocycles. The van der Waals surface area contributed by atoms with Crippen LogP contribution < -0.4 is 5.32 Å². The van der Waals surface area contributed by atoms with E-state index in [1.54, 1.807) is 0 Å². The van der Waals surface area contributed by atoms with Crippen molar-refractivity contribution in [3.63, 3.8) is 0 Å². The van der Waals surface area contributed by atoms with Gasteiger partial charge < -0.3 is 5.32 Å². The SMILES string of the molecule is Cc1cc(CC(C)NC(=O)c2ccc(CN3CCCCC3)cc2)n[nH]1. The summed E-state index contributed by atoms with van der Waals surface area (Å²) in [4.78, 5) is 14.9. The fraction of sp³-hybridized carbons (Fsp3) is 0.500. The van der Waals surface area contributed by atoms with E-state index in [0.717, 1.165) is 24.4 Å². The Labute approximate surface area is 149 Å². The van der Waals surface area contributed by atoms with Crippen molar-refractivity contribution in [1.82, 2.24) is 20.4 Å². The number of nitrogens with one attached hydrogen (secondary N) is 2. The minimum absolute atomic E-state index is 0.0238. The summed E-state index contributed by atoms with van der Waals surface area (Å²) < 4.78 is 0. The van der Waals surface area contributed by atoms with Crippen molar-refractivity contribution in [2.24, 2.45) is 0 Å². The van der Waals surface area contributed by atoms with Gasteiger partial charge in [-0.2, -0.15) is 5.10 Å². The minimum Gasteiger partial charge on any atom is -0.349 e. The fourth-order valence-corrected chi connectivity index (χ4v) is 3.39. The van der Waals surface area contributed by atoms with Crippen LogP contribution in [0, 0.1) is 6.92 Å². The summed E-state index contributed by atoms with van der Waals surface area (Å²) >= 11 is 0. The molecule has 2 heterocycles. The number of aryl methyl sites for hydroxylation is 1. The summed E-state index contributed by atoms with van der Waals surface area (Å²) in [5.74, 6) is -0.0238. The van der Waals surface area contributed by atoms with Gasteiger partial charge in [0.1, 0.15) is 0 Å². The lowest BCUT2D eigenvalue weighted by Crippen LogP contribution is -2.34. The van der Waals surface area contributed by atoms with Crippen LogP contribution in [0.5, 0.6) is 0 Å². The molecule has 134 valence electrons. The van der Waals surface area contributed by atoms with Gasteiger partial charge in [0.15, 0.2) is 0 Å². The number of aromatic amines is 1. The Kier molecular flexibility index (Phi) is 5.87. The van der Waals surface area contributed by atoms with E-state index >= 15 is 0 Å². The third-order valence-electron chi connectivity index (χ3n) is 4.72. The Morgan fingerprint density at radius 1 is 1.24 bits per heavy atom. The zero-order valence-electron chi connectivity index (χ0n) is 15.2. The van der Waals surface area contributed by atoms with Crippen LogP contribution >= 0.6 is 0 Å². The first-order valence-electron chi connectivity index (χ1n) is 9.23. The number of carbonyl (C=O) groups excluding carboxylic acids is 1. The van der Waals surface area contributed by atoms with E-state index in [4.69, 9.17) is 0 Å². The lowest BCUT2D eigenvalue weighted by atomic mass is 10.1. The zero-order chi connectivity index (χ0) is 17.6. The molecular weight excluding hydrogens is 312 g/mol.